The predicted octanol–water partition coefficient (Wildman–Crippen LogP) is -2.96. The van der Waals surface area contributed by atoms with Crippen molar-refractivity contribution in [3.63, 3.8) is 0 Å². The minimum Gasteiger partial charge on any atom is -0.480 e. The number of likely N-dealkylation sites (N-methyl/N-ethyl adjacent to an activating group) is 1. The van der Waals surface area contributed by atoms with Crippen LogP contribution in [0.4, 0.5) is 0 Å². The fraction of sp³-hybridized carbons (Fsp3) is 0.714. The molecule has 0 heterocycles. The van der Waals surface area contributed by atoms with Crippen molar-refractivity contribution >= 4 is 11.9 Å². The number of aliphatic carboxylic acids is 2. The molecule has 0 amide bonds. The van der Waals surface area contributed by atoms with Crippen LogP contribution >= 0.6 is 0 Å². The van der Waals surface area contributed by atoms with Gasteiger partial charge in [-0.1, -0.05) is 0 Å². The number of carboxylic acids is 2. The van der Waals surface area contributed by atoms with Gasteiger partial charge in [0.2, 0.25) is 0 Å². The summed E-state index contributed by atoms with van der Waals surface area (Å²) in [6, 6.07) is -1.95. The first-order valence-electron chi connectivity index (χ1n) is 4.00. The Hall–Kier alpha value is -1.22. The molecule has 0 aromatic rings. The smallest absolute Gasteiger partial charge is 0.323 e. The average Bonchev–Trinajstić information content (AvgIpc) is 2.18. The zero-order valence-electron chi connectivity index (χ0n) is 8.25. The van der Waals surface area contributed by atoms with Crippen LogP contribution in [0.15, 0.2) is 0 Å². The van der Waals surface area contributed by atoms with E-state index in [2.05, 4.69) is 5.32 Å². The van der Waals surface area contributed by atoms with Gasteiger partial charge in [-0.05, 0) is 7.05 Å². The van der Waals surface area contributed by atoms with E-state index in [4.69, 9.17) is 26.2 Å². The molecule has 0 fully saturated rings. The van der Waals surface area contributed by atoms with Gasteiger partial charge in [-0.25, -0.2) is 0 Å². The van der Waals surface area contributed by atoms with E-state index < -0.39 is 30.6 Å². The van der Waals surface area contributed by atoms with E-state index in [0.717, 1.165) is 0 Å². The Kier molecular flexibility index (Phi) is 10.1. The molecule has 15 heavy (non-hydrogen) atoms. The summed E-state index contributed by atoms with van der Waals surface area (Å²) in [4.78, 5) is 19.6. The van der Waals surface area contributed by atoms with Crippen molar-refractivity contribution < 1.29 is 30.0 Å². The Morgan fingerprint density at radius 2 is 1.67 bits per heavy atom. The van der Waals surface area contributed by atoms with Crippen molar-refractivity contribution in [1.82, 2.24) is 5.32 Å². The first kappa shape index (κ1) is 16.2. The molecule has 0 aliphatic heterocycles. The molecule has 0 aromatic heterocycles. The van der Waals surface area contributed by atoms with E-state index >= 15 is 0 Å². The third kappa shape index (κ3) is 9.09. The fourth-order valence-electron chi connectivity index (χ4n) is 0.371. The summed E-state index contributed by atoms with van der Waals surface area (Å²) in [7, 11) is 1.48. The van der Waals surface area contributed by atoms with Gasteiger partial charge < -0.3 is 31.5 Å². The number of carboxylic acid groups (broad SMARTS) is 2. The fourth-order valence-corrected chi connectivity index (χ4v) is 0.371. The number of nitrogens with one attached hydrogen (secondary N) is 1. The van der Waals surface area contributed by atoms with Gasteiger partial charge in [0.1, 0.15) is 12.1 Å². The van der Waals surface area contributed by atoms with E-state index in [1.807, 2.05) is 0 Å². The first-order valence-corrected chi connectivity index (χ1v) is 4.00. The SMILES string of the molecule is CN[C@@H](CO)C(=O)O.N[C@@H](CO)C(=O)O. The average molecular weight is 224 g/mol. The van der Waals surface area contributed by atoms with Crippen molar-refractivity contribution in [1.29, 1.82) is 0 Å². The van der Waals surface area contributed by atoms with Gasteiger partial charge in [0, 0.05) is 0 Å². The molecule has 90 valence electrons. The highest BCUT2D eigenvalue weighted by molar-refractivity contribution is 5.73. The Morgan fingerprint density at radius 1 is 1.20 bits per heavy atom. The minimum atomic E-state index is -1.18. The van der Waals surface area contributed by atoms with Crippen LogP contribution in [0.5, 0.6) is 0 Å². The number of hydrogen-bond donors (Lipinski definition) is 6. The summed E-state index contributed by atoms with van der Waals surface area (Å²) in [6.07, 6.45) is 0. The molecule has 8 heteroatoms. The summed E-state index contributed by atoms with van der Waals surface area (Å²) in [6.45, 7) is -0.874. The first-order chi connectivity index (χ1) is 6.90. The standard InChI is InChI=1S/C4H9NO3.C3H7NO3/c1-5-3(2-6)4(7)8;4-2(1-5)3(6)7/h3,5-6H,2H2,1H3,(H,7,8);2,5H,1,4H2,(H,6,7)/t3-;2-/m00/s1. The van der Waals surface area contributed by atoms with Crippen LogP contribution in [0.3, 0.4) is 0 Å². The van der Waals surface area contributed by atoms with Crippen molar-refractivity contribution in [3.8, 4) is 0 Å². The monoisotopic (exact) mass is 224 g/mol. The van der Waals surface area contributed by atoms with E-state index in [0.29, 0.717) is 0 Å². The van der Waals surface area contributed by atoms with Gasteiger partial charge in [-0.15, -0.1) is 0 Å². The zero-order chi connectivity index (χ0) is 12.4. The zero-order valence-corrected chi connectivity index (χ0v) is 8.25. The van der Waals surface area contributed by atoms with E-state index in [-0.39, 0.29) is 6.61 Å². The van der Waals surface area contributed by atoms with Gasteiger partial charge in [0.15, 0.2) is 0 Å². The third-order valence-electron chi connectivity index (χ3n) is 1.34. The Morgan fingerprint density at radius 3 is 1.67 bits per heavy atom. The van der Waals surface area contributed by atoms with Crippen LogP contribution in [0.2, 0.25) is 0 Å². The highest BCUT2D eigenvalue weighted by Gasteiger charge is 2.11. The highest BCUT2D eigenvalue weighted by Crippen LogP contribution is 1.76. The highest BCUT2D eigenvalue weighted by atomic mass is 16.4. The number of aliphatic hydroxyl groups excluding tert-OH is 2. The van der Waals surface area contributed by atoms with Crippen molar-refractivity contribution in [2.24, 2.45) is 5.73 Å². The molecule has 0 aliphatic carbocycles. The Balaban J connectivity index is 0. The van der Waals surface area contributed by atoms with E-state index in [1.165, 1.54) is 7.05 Å². The molecule has 0 saturated carbocycles. The molecular formula is C7H16N2O6. The van der Waals surface area contributed by atoms with Crippen LogP contribution in [-0.4, -0.2) is 64.7 Å². The quantitative estimate of drug-likeness (QED) is 0.289. The second-order valence-electron chi connectivity index (χ2n) is 2.49. The van der Waals surface area contributed by atoms with E-state index in [1.54, 1.807) is 0 Å². The van der Waals surface area contributed by atoms with Gasteiger partial charge in [0.05, 0.1) is 13.2 Å². The number of nitrogens with two attached hydrogens (primary N) is 1. The molecule has 0 aliphatic rings. The summed E-state index contributed by atoms with van der Waals surface area (Å²) in [5.74, 6) is -2.21. The van der Waals surface area contributed by atoms with Crippen LogP contribution in [0, 0.1) is 0 Å². The maximum absolute atomic E-state index is 9.94. The van der Waals surface area contributed by atoms with Crippen LogP contribution < -0.4 is 11.1 Å². The Bertz CT molecular complexity index is 194. The summed E-state index contributed by atoms with van der Waals surface area (Å²) >= 11 is 0. The molecule has 2 atom stereocenters. The molecule has 0 aromatic carbocycles. The molecular weight excluding hydrogens is 208 g/mol. The second kappa shape index (κ2) is 9.34. The lowest BCUT2D eigenvalue weighted by Gasteiger charge is -2.04. The van der Waals surface area contributed by atoms with E-state index in [9.17, 15) is 9.59 Å². The van der Waals surface area contributed by atoms with Gasteiger partial charge in [-0.3, -0.25) is 9.59 Å². The molecule has 0 spiro atoms. The molecule has 8 nitrogen and oxygen atoms in total. The van der Waals surface area contributed by atoms with Crippen molar-refractivity contribution in [2.75, 3.05) is 20.3 Å². The molecule has 7 N–H and O–H groups in total. The molecule has 0 bridgehead atoms. The second-order valence-corrected chi connectivity index (χ2v) is 2.49. The normalized spacial score (nSPS) is 13.3. The van der Waals surface area contributed by atoms with Crippen LogP contribution in [-0.2, 0) is 9.59 Å². The lowest BCUT2D eigenvalue weighted by molar-refractivity contribution is -0.140. The molecule has 0 radical (unpaired) electrons. The maximum atomic E-state index is 9.94. The molecule has 0 saturated heterocycles. The summed E-state index contributed by atoms with van der Waals surface area (Å²) in [5.41, 5.74) is 4.77. The van der Waals surface area contributed by atoms with Gasteiger partial charge in [-0.2, -0.15) is 0 Å². The maximum Gasteiger partial charge on any atom is 0.323 e. The largest absolute Gasteiger partial charge is 0.480 e. The van der Waals surface area contributed by atoms with Crippen LogP contribution in [0.1, 0.15) is 0 Å². The van der Waals surface area contributed by atoms with Crippen molar-refractivity contribution in [3.05, 3.63) is 0 Å². The lowest BCUT2D eigenvalue weighted by Crippen LogP contribution is -2.36. The topological polar surface area (TPSA) is 153 Å². The predicted molar refractivity (Wildman–Crippen MR) is 50.3 cm³/mol. The lowest BCUT2D eigenvalue weighted by atomic mass is 10.3. The number of aliphatic hydroxyl groups is 2. The third-order valence-corrected chi connectivity index (χ3v) is 1.34. The number of carbonyl (C=O) groups is 2. The molecule has 0 rings (SSSR count). The van der Waals surface area contributed by atoms with Gasteiger partial charge in [0.25, 0.3) is 0 Å². The Labute approximate surface area is 86.3 Å². The summed E-state index contributed by atoms with van der Waals surface area (Å²) in [5, 5.41) is 34.7. The van der Waals surface area contributed by atoms with Crippen molar-refractivity contribution in [2.45, 2.75) is 12.1 Å². The molecule has 0 unspecified atom stereocenters. The minimum absolute atomic E-state index is 0.369. The number of hydrogen-bond acceptors (Lipinski definition) is 6. The summed E-state index contributed by atoms with van der Waals surface area (Å²) < 4.78 is 0. The van der Waals surface area contributed by atoms with Gasteiger partial charge >= 0.3 is 11.9 Å². The van der Waals surface area contributed by atoms with Crippen LogP contribution in [0.25, 0.3) is 0 Å². The number of rotatable bonds is 5.